The molecule has 2 aliphatic heterocycles. The summed E-state index contributed by atoms with van der Waals surface area (Å²) in [7, 11) is -3.60. The quantitative estimate of drug-likeness (QED) is 0.681. The van der Waals surface area contributed by atoms with Crippen molar-refractivity contribution >= 4 is 33.4 Å². The zero-order valence-corrected chi connectivity index (χ0v) is 19.2. The van der Waals surface area contributed by atoms with E-state index in [0.717, 1.165) is 37.4 Å². The molecule has 1 aromatic rings. The molecule has 8 heteroatoms. The van der Waals surface area contributed by atoms with Crippen LogP contribution in [0.1, 0.15) is 40.0 Å². The number of benzene rings is 1. The molecule has 1 atom stereocenters. The molecule has 1 fully saturated rings. The van der Waals surface area contributed by atoms with Crippen molar-refractivity contribution in [2.24, 2.45) is 17.8 Å². The van der Waals surface area contributed by atoms with Gasteiger partial charge in [0.15, 0.2) is 0 Å². The normalized spacial score (nSPS) is 21.7. The van der Waals surface area contributed by atoms with Crippen LogP contribution in [0.4, 0.5) is 5.69 Å². The van der Waals surface area contributed by atoms with Gasteiger partial charge in [0, 0.05) is 23.1 Å². The molecular weight excluding hydrogens is 406 g/mol. The third-order valence-corrected chi connectivity index (χ3v) is 8.50. The first kappa shape index (κ1) is 22.6. The Hall–Kier alpha value is -1.09. The van der Waals surface area contributed by atoms with Crippen LogP contribution >= 0.6 is 11.8 Å². The predicted molar refractivity (Wildman–Crippen MR) is 119 cm³/mol. The van der Waals surface area contributed by atoms with Crippen molar-refractivity contribution in [1.29, 1.82) is 0 Å². The Morgan fingerprint density at radius 2 is 2.00 bits per heavy atom. The molecule has 0 radical (unpaired) electrons. The second-order valence-electron chi connectivity index (χ2n) is 8.68. The van der Waals surface area contributed by atoms with Crippen molar-refractivity contribution in [3.63, 3.8) is 0 Å². The first-order valence-corrected chi connectivity index (χ1v) is 13.0. The molecule has 0 aromatic heterocycles. The molecule has 0 unspecified atom stereocenters. The van der Waals surface area contributed by atoms with E-state index < -0.39 is 10.0 Å². The van der Waals surface area contributed by atoms with Crippen LogP contribution in [0.25, 0.3) is 0 Å². The number of nitrogens with zero attached hydrogens (tertiary/aromatic N) is 1. The van der Waals surface area contributed by atoms with Gasteiger partial charge in [-0.15, -0.1) is 11.8 Å². The van der Waals surface area contributed by atoms with Crippen molar-refractivity contribution in [3.05, 3.63) is 18.2 Å². The highest BCUT2D eigenvalue weighted by Crippen LogP contribution is 2.34. The first-order chi connectivity index (χ1) is 13.7. The molecule has 2 heterocycles. The summed E-state index contributed by atoms with van der Waals surface area (Å²) in [6.45, 7) is 10.0. The van der Waals surface area contributed by atoms with Gasteiger partial charge in [-0.3, -0.25) is 4.79 Å². The van der Waals surface area contributed by atoms with Crippen molar-refractivity contribution in [1.82, 2.24) is 9.62 Å². The van der Waals surface area contributed by atoms with Gasteiger partial charge >= 0.3 is 0 Å². The van der Waals surface area contributed by atoms with Crippen LogP contribution in [0.15, 0.2) is 28.0 Å². The number of sulfonamides is 1. The number of piperidine rings is 1. The number of nitrogens with one attached hydrogen (secondary N) is 2. The lowest BCUT2D eigenvalue weighted by atomic mass is 9.96. The largest absolute Gasteiger partial charge is 0.325 e. The minimum atomic E-state index is -3.60. The molecule has 2 N–H and O–H groups in total. The molecule has 1 aromatic carbocycles. The van der Waals surface area contributed by atoms with Crippen LogP contribution in [0.5, 0.6) is 0 Å². The van der Waals surface area contributed by atoms with E-state index in [2.05, 4.69) is 28.8 Å². The molecule has 162 valence electrons. The number of anilines is 1. The van der Waals surface area contributed by atoms with E-state index in [1.165, 1.54) is 6.42 Å². The number of thioether (sulfide) groups is 1. The average molecular weight is 440 g/mol. The van der Waals surface area contributed by atoms with Crippen LogP contribution in [0, 0.1) is 17.8 Å². The Balaban J connectivity index is 1.56. The van der Waals surface area contributed by atoms with Crippen molar-refractivity contribution in [3.8, 4) is 0 Å². The highest BCUT2D eigenvalue weighted by Gasteiger charge is 2.25. The summed E-state index contributed by atoms with van der Waals surface area (Å²) in [4.78, 5) is 15.7. The molecule has 29 heavy (non-hydrogen) atoms. The number of carbonyl (C=O) groups excluding carboxylic acids is 1. The van der Waals surface area contributed by atoms with Crippen molar-refractivity contribution in [2.45, 2.75) is 49.8 Å². The number of hydrogen-bond acceptors (Lipinski definition) is 5. The van der Waals surface area contributed by atoms with E-state index in [-0.39, 0.29) is 16.7 Å². The summed E-state index contributed by atoms with van der Waals surface area (Å²) in [5.41, 5.74) is 0.589. The maximum Gasteiger partial charge on any atom is 0.240 e. The van der Waals surface area contributed by atoms with E-state index >= 15 is 0 Å². The maximum atomic E-state index is 12.8. The Bertz CT molecular complexity index is 818. The maximum absolute atomic E-state index is 12.8. The molecule has 0 aliphatic carbocycles. The Kier molecular flexibility index (Phi) is 7.64. The fourth-order valence-corrected chi connectivity index (χ4v) is 5.76. The van der Waals surface area contributed by atoms with Gasteiger partial charge in [-0.1, -0.05) is 20.8 Å². The number of hydrogen-bond donors (Lipinski definition) is 2. The summed E-state index contributed by atoms with van der Waals surface area (Å²) in [5, 5.41) is 2.86. The third kappa shape index (κ3) is 6.20. The minimum Gasteiger partial charge on any atom is -0.325 e. The summed E-state index contributed by atoms with van der Waals surface area (Å²) >= 11 is 1.58. The summed E-state index contributed by atoms with van der Waals surface area (Å²) in [5.74, 6) is 1.61. The second-order valence-corrected chi connectivity index (χ2v) is 11.5. The fraction of sp³-hybridized carbons (Fsp3) is 0.667. The highest BCUT2D eigenvalue weighted by atomic mass is 32.2. The lowest BCUT2D eigenvalue weighted by Crippen LogP contribution is -2.39. The van der Waals surface area contributed by atoms with Crippen molar-refractivity contribution in [2.75, 3.05) is 37.2 Å². The number of amides is 1. The lowest BCUT2D eigenvalue weighted by molar-refractivity contribution is -0.118. The molecule has 0 spiro atoms. The zero-order valence-electron chi connectivity index (χ0n) is 17.6. The van der Waals surface area contributed by atoms with Gasteiger partial charge in [0.1, 0.15) is 0 Å². The van der Waals surface area contributed by atoms with E-state index in [4.69, 9.17) is 0 Å². The number of rotatable bonds is 7. The van der Waals surface area contributed by atoms with E-state index in [1.54, 1.807) is 30.0 Å². The molecular formula is C21H33N3O3S2. The SMILES string of the molecule is CC(C)CCN1CCC(CNS(=O)(=O)c2ccc3c(c2)NC(=O)[C@H](C)CS3)CC1. The zero-order chi connectivity index (χ0) is 21.0. The number of carbonyl (C=O) groups is 1. The van der Waals surface area contributed by atoms with Gasteiger partial charge in [-0.2, -0.15) is 0 Å². The monoisotopic (exact) mass is 439 g/mol. The smallest absolute Gasteiger partial charge is 0.240 e. The van der Waals surface area contributed by atoms with Gasteiger partial charge in [0.2, 0.25) is 15.9 Å². The second kappa shape index (κ2) is 9.81. The topological polar surface area (TPSA) is 78.5 Å². The highest BCUT2D eigenvalue weighted by molar-refractivity contribution is 7.99. The van der Waals surface area contributed by atoms with E-state index in [1.807, 2.05) is 6.92 Å². The average Bonchev–Trinajstić information content (AvgIpc) is 2.83. The third-order valence-electron chi connectivity index (χ3n) is 5.75. The minimum absolute atomic E-state index is 0.0667. The Labute approximate surface area is 179 Å². The molecule has 3 rings (SSSR count). The lowest BCUT2D eigenvalue weighted by Gasteiger charge is -2.32. The van der Waals surface area contributed by atoms with E-state index in [9.17, 15) is 13.2 Å². The molecule has 0 bridgehead atoms. The van der Waals surface area contributed by atoms with Crippen LogP contribution in [0.3, 0.4) is 0 Å². The summed E-state index contributed by atoms with van der Waals surface area (Å²) < 4.78 is 28.4. The van der Waals surface area contributed by atoms with E-state index in [0.29, 0.717) is 29.8 Å². The standard InChI is InChI=1S/C21H33N3O3S2/c1-15(2)6-9-24-10-7-17(8-11-24)13-22-29(26,27)18-4-5-20-19(12-18)23-21(25)16(3)14-28-20/h4-5,12,15-17,22H,6-11,13-14H2,1-3H3,(H,23,25)/t16-/m1/s1. The van der Waals surface area contributed by atoms with Gasteiger partial charge < -0.3 is 10.2 Å². The van der Waals surface area contributed by atoms with Crippen LogP contribution in [0.2, 0.25) is 0 Å². The van der Waals surface area contributed by atoms with Crippen LogP contribution < -0.4 is 10.0 Å². The number of fused-ring (bicyclic) bond motifs is 1. The Morgan fingerprint density at radius 1 is 1.28 bits per heavy atom. The fourth-order valence-electron chi connectivity index (χ4n) is 3.61. The molecule has 6 nitrogen and oxygen atoms in total. The summed E-state index contributed by atoms with van der Waals surface area (Å²) in [6.07, 6.45) is 3.26. The predicted octanol–water partition coefficient (Wildman–Crippen LogP) is 3.40. The van der Waals surface area contributed by atoms with Gasteiger partial charge in [-0.05, 0) is 68.9 Å². The molecule has 1 amide bonds. The first-order valence-electron chi connectivity index (χ1n) is 10.5. The van der Waals surface area contributed by atoms with Crippen LogP contribution in [-0.2, 0) is 14.8 Å². The van der Waals surface area contributed by atoms with Crippen molar-refractivity contribution < 1.29 is 13.2 Å². The number of likely N-dealkylation sites (tertiary alicyclic amines) is 1. The van der Waals surface area contributed by atoms with Gasteiger partial charge in [0.25, 0.3) is 0 Å². The molecule has 0 saturated carbocycles. The summed E-state index contributed by atoms with van der Waals surface area (Å²) in [6, 6.07) is 5.00. The molecule has 2 aliphatic rings. The Morgan fingerprint density at radius 3 is 2.69 bits per heavy atom. The van der Waals surface area contributed by atoms with Gasteiger partial charge in [0.05, 0.1) is 10.6 Å². The van der Waals surface area contributed by atoms with Crippen LogP contribution in [-0.4, -0.2) is 51.2 Å². The molecule has 1 saturated heterocycles. The van der Waals surface area contributed by atoms with Gasteiger partial charge in [-0.25, -0.2) is 13.1 Å².